The fraction of sp³-hybridized carbons (Fsp3) is 0.273. The normalized spacial score (nSPS) is 14.4. The molecular weight excluding hydrogens is 477 g/mol. The van der Waals surface area contributed by atoms with Gasteiger partial charge in [0.1, 0.15) is 5.69 Å². The Bertz CT molecular complexity index is 905. The van der Waals surface area contributed by atoms with Gasteiger partial charge in [0.05, 0.1) is 6.54 Å². The van der Waals surface area contributed by atoms with Gasteiger partial charge < -0.3 is 19.6 Å². The fourth-order valence-corrected chi connectivity index (χ4v) is 3.45. The molecule has 0 saturated carbocycles. The molecule has 0 unspecified atom stereocenters. The van der Waals surface area contributed by atoms with Crippen LogP contribution in [0.4, 0.5) is 5.69 Å². The molecule has 1 saturated heterocycles. The van der Waals surface area contributed by atoms with E-state index in [2.05, 4.69) is 55.6 Å². The highest BCUT2D eigenvalue weighted by Gasteiger charge is 2.20. The van der Waals surface area contributed by atoms with Gasteiger partial charge in [-0.1, -0.05) is 53.7 Å². The second-order valence-corrected chi connectivity index (χ2v) is 6.76. The third kappa shape index (κ3) is 5.29. The number of halogens is 1. The monoisotopic (exact) mass is 503 g/mol. The summed E-state index contributed by atoms with van der Waals surface area (Å²) in [7, 11) is 1.82. The molecule has 1 aromatic heterocycles. The highest BCUT2D eigenvalue weighted by atomic mass is 127. The molecule has 152 valence electrons. The van der Waals surface area contributed by atoms with E-state index in [0.717, 1.165) is 49.2 Å². The number of hydrogen-bond acceptors (Lipinski definition) is 4. The molecule has 2 heterocycles. The zero-order valence-electron chi connectivity index (χ0n) is 16.5. The van der Waals surface area contributed by atoms with Crippen LogP contribution in [-0.4, -0.2) is 49.2 Å². The van der Waals surface area contributed by atoms with E-state index in [1.165, 1.54) is 5.69 Å². The minimum absolute atomic E-state index is 0. The van der Waals surface area contributed by atoms with E-state index in [1.807, 2.05) is 43.4 Å². The smallest absolute Gasteiger partial charge is 0.194 e. The molecule has 1 aliphatic heterocycles. The van der Waals surface area contributed by atoms with Crippen LogP contribution in [0.25, 0.3) is 11.3 Å². The van der Waals surface area contributed by atoms with Gasteiger partial charge in [0.15, 0.2) is 11.7 Å². The highest BCUT2D eigenvalue weighted by molar-refractivity contribution is 14.0. The van der Waals surface area contributed by atoms with E-state index < -0.39 is 0 Å². The molecule has 0 radical (unpaired) electrons. The first-order chi connectivity index (χ1) is 13.8. The Labute approximate surface area is 188 Å². The van der Waals surface area contributed by atoms with Crippen LogP contribution in [0, 0.1) is 0 Å². The number of nitrogens with zero attached hydrogens (tertiary/aromatic N) is 4. The summed E-state index contributed by atoms with van der Waals surface area (Å²) in [6.07, 6.45) is 0. The summed E-state index contributed by atoms with van der Waals surface area (Å²) in [5.41, 5.74) is 3.17. The number of nitrogens with one attached hydrogen (secondary N) is 1. The molecule has 1 fully saturated rings. The summed E-state index contributed by atoms with van der Waals surface area (Å²) in [4.78, 5) is 9.14. The molecule has 0 aliphatic carbocycles. The van der Waals surface area contributed by atoms with E-state index in [9.17, 15) is 0 Å². The summed E-state index contributed by atoms with van der Waals surface area (Å²) >= 11 is 0. The van der Waals surface area contributed by atoms with Crippen LogP contribution in [0.3, 0.4) is 0 Å². The van der Waals surface area contributed by atoms with Crippen molar-refractivity contribution in [3.8, 4) is 11.3 Å². The largest absolute Gasteiger partial charge is 0.368 e. The molecule has 7 heteroatoms. The van der Waals surface area contributed by atoms with Crippen molar-refractivity contribution in [1.29, 1.82) is 0 Å². The third-order valence-corrected chi connectivity index (χ3v) is 4.96. The van der Waals surface area contributed by atoms with Crippen molar-refractivity contribution < 1.29 is 4.52 Å². The van der Waals surface area contributed by atoms with Gasteiger partial charge in [-0.2, -0.15) is 0 Å². The number of guanidine groups is 1. The molecule has 1 N–H and O–H groups in total. The van der Waals surface area contributed by atoms with Crippen LogP contribution >= 0.6 is 24.0 Å². The average Bonchev–Trinajstić information content (AvgIpc) is 3.25. The molecular formula is C22H26IN5O. The predicted octanol–water partition coefficient (Wildman–Crippen LogP) is 3.86. The third-order valence-electron chi connectivity index (χ3n) is 4.96. The first-order valence-corrected chi connectivity index (χ1v) is 9.60. The lowest BCUT2D eigenvalue weighted by atomic mass is 10.2. The minimum Gasteiger partial charge on any atom is -0.368 e. The maximum Gasteiger partial charge on any atom is 0.194 e. The van der Waals surface area contributed by atoms with Crippen molar-refractivity contribution in [3.63, 3.8) is 0 Å². The summed E-state index contributed by atoms with van der Waals surface area (Å²) < 4.78 is 5.48. The van der Waals surface area contributed by atoms with E-state index in [4.69, 9.17) is 4.52 Å². The maximum absolute atomic E-state index is 5.48. The van der Waals surface area contributed by atoms with Gasteiger partial charge in [-0.15, -0.1) is 24.0 Å². The topological polar surface area (TPSA) is 56.9 Å². The summed E-state index contributed by atoms with van der Waals surface area (Å²) in [5.74, 6) is 1.68. The lowest BCUT2D eigenvalue weighted by molar-refractivity contribution is 0.371. The fourth-order valence-electron chi connectivity index (χ4n) is 3.45. The van der Waals surface area contributed by atoms with Gasteiger partial charge >= 0.3 is 0 Å². The Balaban J connectivity index is 0.00000240. The lowest BCUT2D eigenvalue weighted by Gasteiger charge is -2.37. The van der Waals surface area contributed by atoms with Crippen LogP contribution in [0.5, 0.6) is 0 Å². The molecule has 4 rings (SSSR count). The van der Waals surface area contributed by atoms with Crippen molar-refractivity contribution in [2.45, 2.75) is 6.54 Å². The summed E-state index contributed by atoms with van der Waals surface area (Å²) in [6, 6.07) is 22.5. The van der Waals surface area contributed by atoms with E-state index in [1.54, 1.807) is 0 Å². The second-order valence-electron chi connectivity index (χ2n) is 6.76. The first-order valence-electron chi connectivity index (χ1n) is 9.60. The number of rotatable bonds is 4. The van der Waals surface area contributed by atoms with Gasteiger partial charge in [-0.3, -0.25) is 4.99 Å². The standard InChI is InChI=1S/C22H25N5O.HI/c1-23-22(27-14-12-26(13-15-27)20-10-6-3-7-11-20)24-17-19-16-21(28-25-19)18-8-4-2-5-9-18;/h2-11,16H,12-15,17H2,1H3,(H,23,24);1H. The Hall–Kier alpha value is -2.55. The molecule has 1 aliphatic rings. The van der Waals surface area contributed by atoms with Gasteiger partial charge in [-0.05, 0) is 12.1 Å². The van der Waals surface area contributed by atoms with Gasteiger partial charge in [0, 0.05) is 50.5 Å². The molecule has 6 nitrogen and oxygen atoms in total. The van der Waals surface area contributed by atoms with E-state index in [-0.39, 0.29) is 24.0 Å². The van der Waals surface area contributed by atoms with Crippen molar-refractivity contribution in [1.82, 2.24) is 15.4 Å². The zero-order chi connectivity index (χ0) is 19.2. The second kappa shape index (κ2) is 10.3. The maximum atomic E-state index is 5.48. The van der Waals surface area contributed by atoms with Crippen LogP contribution in [0.1, 0.15) is 5.69 Å². The molecule has 3 aromatic rings. The first kappa shape index (κ1) is 21.2. The van der Waals surface area contributed by atoms with Crippen LogP contribution in [-0.2, 0) is 6.54 Å². The molecule has 0 amide bonds. The van der Waals surface area contributed by atoms with E-state index >= 15 is 0 Å². The van der Waals surface area contributed by atoms with E-state index in [0.29, 0.717) is 6.54 Å². The summed E-state index contributed by atoms with van der Waals surface area (Å²) in [5, 5.41) is 7.59. The number of aliphatic imine (C=N–C) groups is 1. The Morgan fingerprint density at radius 3 is 2.31 bits per heavy atom. The lowest BCUT2D eigenvalue weighted by Crippen LogP contribution is -2.52. The molecule has 2 aromatic carbocycles. The minimum atomic E-state index is 0. The van der Waals surface area contributed by atoms with Crippen molar-refractivity contribution in [2.24, 2.45) is 4.99 Å². The van der Waals surface area contributed by atoms with Crippen LogP contribution in [0.15, 0.2) is 76.2 Å². The zero-order valence-corrected chi connectivity index (χ0v) is 18.8. The Morgan fingerprint density at radius 2 is 1.66 bits per heavy atom. The Kier molecular flexibility index (Phi) is 7.51. The number of anilines is 1. The molecule has 29 heavy (non-hydrogen) atoms. The number of para-hydroxylation sites is 1. The number of aromatic nitrogens is 1. The average molecular weight is 503 g/mol. The van der Waals surface area contributed by atoms with Gasteiger partial charge in [0.25, 0.3) is 0 Å². The van der Waals surface area contributed by atoms with Crippen LogP contribution < -0.4 is 10.2 Å². The van der Waals surface area contributed by atoms with Gasteiger partial charge in [0.2, 0.25) is 0 Å². The highest BCUT2D eigenvalue weighted by Crippen LogP contribution is 2.20. The van der Waals surface area contributed by atoms with Gasteiger partial charge in [-0.25, -0.2) is 0 Å². The Morgan fingerprint density at radius 1 is 1.00 bits per heavy atom. The van der Waals surface area contributed by atoms with Crippen LogP contribution in [0.2, 0.25) is 0 Å². The molecule has 0 spiro atoms. The quantitative estimate of drug-likeness (QED) is 0.333. The number of piperazine rings is 1. The number of benzene rings is 2. The van der Waals surface area contributed by atoms with Crippen molar-refractivity contribution in [2.75, 3.05) is 38.1 Å². The summed E-state index contributed by atoms with van der Waals surface area (Å²) in [6.45, 7) is 4.41. The van der Waals surface area contributed by atoms with Crippen molar-refractivity contribution in [3.05, 3.63) is 72.4 Å². The molecule has 0 bridgehead atoms. The van der Waals surface area contributed by atoms with Crippen molar-refractivity contribution >= 4 is 35.6 Å². The SMILES string of the molecule is CN=C(NCc1cc(-c2ccccc2)on1)N1CCN(c2ccccc2)CC1.I. The number of hydrogen-bond donors (Lipinski definition) is 1. The predicted molar refractivity (Wildman–Crippen MR) is 128 cm³/mol. The molecule has 0 atom stereocenters.